The van der Waals surface area contributed by atoms with E-state index in [2.05, 4.69) is 11.8 Å². The van der Waals surface area contributed by atoms with Crippen molar-refractivity contribution in [1.82, 2.24) is 9.21 Å². The molecule has 0 bridgehead atoms. The highest BCUT2D eigenvalue weighted by atomic mass is 32.2. The first-order chi connectivity index (χ1) is 14.4. The molecular formula is C23H30N2O4S. The molecule has 2 aliphatic heterocycles. The van der Waals surface area contributed by atoms with Crippen molar-refractivity contribution in [2.45, 2.75) is 57.0 Å². The van der Waals surface area contributed by atoms with Gasteiger partial charge in [-0.25, -0.2) is 8.42 Å². The molecule has 1 saturated carbocycles. The summed E-state index contributed by atoms with van der Waals surface area (Å²) in [6.07, 6.45) is 6.19. The third-order valence-electron chi connectivity index (χ3n) is 6.87. The van der Waals surface area contributed by atoms with E-state index in [1.165, 1.54) is 30.0 Å². The number of rotatable bonds is 5. The van der Waals surface area contributed by atoms with Gasteiger partial charge in [-0.3, -0.25) is 4.79 Å². The lowest BCUT2D eigenvalue weighted by Crippen LogP contribution is -2.73. The molecule has 3 fully saturated rings. The minimum absolute atomic E-state index is 0.0185. The predicted octanol–water partition coefficient (Wildman–Crippen LogP) is 1.94. The zero-order valence-electron chi connectivity index (χ0n) is 17.5. The van der Waals surface area contributed by atoms with Crippen LogP contribution < -0.4 is 0 Å². The largest absolute Gasteiger partial charge is 0.394 e. The molecule has 2 heterocycles. The summed E-state index contributed by atoms with van der Waals surface area (Å²) in [5.41, 5.74) is 1.98. The van der Waals surface area contributed by atoms with Crippen molar-refractivity contribution < 1.29 is 18.3 Å². The second kappa shape index (κ2) is 8.70. The van der Waals surface area contributed by atoms with Crippen molar-refractivity contribution in [3.63, 3.8) is 0 Å². The molecule has 0 unspecified atom stereocenters. The van der Waals surface area contributed by atoms with E-state index >= 15 is 0 Å². The van der Waals surface area contributed by atoms with Crippen LogP contribution in [-0.4, -0.2) is 66.2 Å². The van der Waals surface area contributed by atoms with Gasteiger partial charge in [-0.2, -0.15) is 4.31 Å². The lowest BCUT2D eigenvalue weighted by molar-refractivity contribution is -0.158. The highest BCUT2D eigenvalue weighted by Gasteiger charge is 2.55. The molecule has 162 valence electrons. The van der Waals surface area contributed by atoms with Crippen LogP contribution in [0.1, 0.15) is 56.1 Å². The second-order valence-corrected chi connectivity index (χ2v) is 10.9. The average molecular weight is 431 g/mol. The van der Waals surface area contributed by atoms with Gasteiger partial charge >= 0.3 is 0 Å². The van der Waals surface area contributed by atoms with E-state index in [0.29, 0.717) is 0 Å². The number of nitrogens with zero attached hydrogens (tertiary/aromatic N) is 2. The maximum absolute atomic E-state index is 12.5. The number of benzene rings is 1. The van der Waals surface area contributed by atoms with Crippen LogP contribution in [0.3, 0.4) is 0 Å². The molecule has 1 aromatic carbocycles. The van der Waals surface area contributed by atoms with E-state index < -0.39 is 10.0 Å². The van der Waals surface area contributed by atoms with Gasteiger partial charge in [0.05, 0.1) is 31.0 Å². The summed E-state index contributed by atoms with van der Waals surface area (Å²) in [6, 6.07) is 7.44. The van der Waals surface area contributed by atoms with Gasteiger partial charge in [0.25, 0.3) is 0 Å². The molecule has 6 nitrogen and oxygen atoms in total. The topological polar surface area (TPSA) is 77.9 Å². The van der Waals surface area contributed by atoms with E-state index in [1.54, 1.807) is 11.8 Å². The minimum Gasteiger partial charge on any atom is -0.394 e. The number of amides is 1. The normalized spacial score (nSPS) is 27.3. The van der Waals surface area contributed by atoms with Gasteiger partial charge in [-0.15, -0.1) is 0 Å². The monoisotopic (exact) mass is 430 g/mol. The SMILES string of the molecule is CCS(=O)(=O)N1CC(=O)N2[C@H](CO)[C@@H](c3ccc(C#CCC4CCCC4)cc3)[C@@H]2C1. The number of fused-ring (bicyclic) bond motifs is 1. The van der Waals surface area contributed by atoms with Crippen molar-refractivity contribution in [2.75, 3.05) is 25.4 Å². The maximum Gasteiger partial charge on any atom is 0.238 e. The third kappa shape index (κ3) is 4.01. The lowest BCUT2D eigenvalue weighted by Gasteiger charge is -2.58. The number of aliphatic hydroxyl groups excluding tert-OH is 1. The highest BCUT2D eigenvalue weighted by molar-refractivity contribution is 7.89. The predicted molar refractivity (Wildman–Crippen MR) is 115 cm³/mol. The van der Waals surface area contributed by atoms with Crippen LogP contribution in [0.2, 0.25) is 0 Å². The first-order valence-corrected chi connectivity index (χ1v) is 12.5. The minimum atomic E-state index is -3.43. The number of aliphatic hydroxyl groups is 1. The van der Waals surface area contributed by atoms with Gasteiger partial charge < -0.3 is 10.0 Å². The fourth-order valence-corrected chi connectivity index (χ4v) is 6.22. The maximum atomic E-state index is 12.5. The summed E-state index contributed by atoms with van der Waals surface area (Å²) in [4.78, 5) is 14.2. The number of hydrogen-bond acceptors (Lipinski definition) is 4. The van der Waals surface area contributed by atoms with Crippen molar-refractivity contribution in [1.29, 1.82) is 0 Å². The van der Waals surface area contributed by atoms with Gasteiger partial charge in [0, 0.05) is 24.4 Å². The molecule has 0 spiro atoms. The first-order valence-electron chi connectivity index (χ1n) is 10.9. The number of sulfonamides is 1. The third-order valence-corrected chi connectivity index (χ3v) is 8.67. The van der Waals surface area contributed by atoms with Crippen molar-refractivity contribution in [2.24, 2.45) is 5.92 Å². The Bertz CT molecular complexity index is 942. The highest BCUT2D eigenvalue weighted by Crippen LogP contribution is 2.43. The standard InChI is InChI=1S/C23H30N2O4S/c1-2-30(28,29)24-14-20-23(21(16-26)25(20)22(27)15-24)19-12-10-18(11-13-19)9-5-8-17-6-3-4-7-17/h10-13,17,20-21,23,26H,2-4,6-8,14-16H2,1H3/t20-,21+,23-/m0/s1. The average Bonchev–Trinajstić information content (AvgIpc) is 3.24. The summed E-state index contributed by atoms with van der Waals surface area (Å²) >= 11 is 0. The molecule has 3 aliphatic rings. The molecule has 4 rings (SSSR count). The van der Waals surface area contributed by atoms with Gasteiger partial charge in [0.2, 0.25) is 15.9 Å². The summed E-state index contributed by atoms with van der Waals surface area (Å²) in [6.45, 7) is 1.61. The number of carbonyl (C=O) groups excluding carboxylic acids is 1. The van der Waals surface area contributed by atoms with Crippen LogP contribution in [-0.2, 0) is 14.8 Å². The number of carbonyl (C=O) groups is 1. The van der Waals surface area contributed by atoms with Crippen LogP contribution in [0.15, 0.2) is 24.3 Å². The van der Waals surface area contributed by atoms with Crippen molar-refractivity contribution in [3.8, 4) is 11.8 Å². The summed E-state index contributed by atoms with van der Waals surface area (Å²) in [5, 5.41) is 9.87. The molecule has 1 aromatic rings. The summed E-state index contributed by atoms with van der Waals surface area (Å²) < 4.78 is 25.9. The Kier molecular flexibility index (Phi) is 6.19. The molecule has 2 saturated heterocycles. The molecule has 3 atom stereocenters. The van der Waals surface area contributed by atoms with E-state index in [9.17, 15) is 18.3 Å². The smallest absolute Gasteiger partial charge is 0.238 e. The fraction of sp³-hybridized carbons (Fsp3) is 0.609. The second-order valence-electron chi connectivity index (χ2n) is 8.62. The first kappa shape index (κ1) is 21.4. The summed E-state index contributed by atoms with van der Waals surface area (Å²) in [7, 11) is -3.43. The van der Waals surface area contributed by atoms with Crippen LogP contribution in [0.25, 0.3) is 0 Å². The van der Waals surface area contributed by atoms with Crippen LogP contribution in [0.5, 0.6) is 0 Å². The fourth-order valence-electron chi connectivity index (χ4n) is 5.16. The zero-order valence-corrected chi connectivity index (χ0v) is 18.3. The van der Waals surface area contributed by atoms with Gasteiger partial charge in [0.1, 0.15) is 0 Å². The van der Waals surface area contributed by atoms with Crippen molar-refractivity contribution in [3.05, 3.63) is 35.4 Å². The quantitative estimate of drug-likeness (QED) is 0.725. The Morgan fingerprint density at radius 2 is 1.87 bits per heavy atom. The van der Waals surface area contributed by atoms with Crippen molar-refractivity contribution >= 4 is 15.9 Å². The Hall–Kier alpha value is -1.88. The molecule has 1 amide bonds. The Balaban J connectivity index is 1.48. The molecule has 0 aromatic heterocycles. The molecule has 1 aliphatic carbocycles. The number of piperazine rings is 1. The molecular weight excluding hydrogens is 400 g/mol. The lowest BCUT2D eigenvalue weighted by atomic mass is 9.74. The number of hydrogen-bond donors (Lipinski definition) is 1. The molecule has 1 N–H and O–H groups in total. The van der Waals surface area contributed by atoms with E-state index in [1.807, 2.05) is 24.3 Å². The van der Waals surface area contributed by atoms with E-state index in [0.717, 1.165) is 23.5 Å². The van der Waals surface area contributed by atoms with Gasteiger partial charge in [0.15, 0.2) is 0 Å². The van der Waals surface area contributed by atoms with Gasteiger partial charge in [-0.05, 0) is 43.4 Å². The molecule has 0 radical (unpaired) electrons. The van der Waals surface area contributed by atoms with E-state index in [-0.39, 0.29) is 49.4 Å². The molecule has 30 heavy (non-hydrogen) atoms. The molecule has 7 heteroatoms. The zero-order chi connectivity index (χ0) is 21.3. The van der Waals surface area contributed by atoms with Crippen LogP contribution >= 0.6 is 0 Å². The van der Waals surface area contributed by atoms with Crippen LogP contribution in [0, 0.1) is 17.8 Å². The Morgan fingerprint density at radius 3 is 2.50 bits per heavy atom. The Morgan fingerprint density at radius 1 is 1.17 bits per heavy atom. The van der Waals surface area contributed by atoms with E-state index in [4.69, 9.17) is 0 Å². The van der Waals surface area contributed by atoms with Gasteiger partial charge in [-0.1, -0.05) is 36.8 Å². The van der Waals surface area contributed by atoms with Crippen LogP contribution in [0.4, 0.5) is 0 Å². The summed E-state index contributed by atoms with van der Waals surface area (Å²) in [5.74, 6) is 6.97. The Labute approximate surface area is 179 Å².